The lowest BCUT2D eigenvalue weighted by molar-refractivity contribution is 0.660. The standard InChI is InChI=1S/C11H13N7OS/c1-3-18-10(19)15-16-11(18)20-9-8-13-4-5-17(8)6-7(12-2)14-9/h4-6,12H,3H2,1-2H3,(H,15,19). The number of anilines is 1. The van der Waals surface area contributed by atoms with Crippen LogP contribution < -0.4 is 11.0 Å². The number of rotatable bonds is 4. The molecule has 0 amide bonds. The molecule has 104 valence electrons. The van der Waals surface area contributed by atoms with Crippen LogP contribution in [-0.2, 0) is 6.54 Å². The topological polar surface area (TPSA) is 92.9 Å². The van der Waals surface area contributed by atoms with E-state index in [1.807, 2.05) is 23.7 Å². The first-order chi connectivity index (χ1) is 9.72. The third-order valence-electron chi connectivity index (χ3n) is 2.83. The molecule has 0 fully saturated rings. The number of fused-ring (bicyclic) bond motifs is 1. The molecule has 0 aliphatic heterocycles. The van der Waals surface area contributed by atoms with Crippen molar-refractivity contribution in [3.63, 3.8) is 0 Å². The molecule has 3 rings (SSSR count). The maximum Gasteiger partial charge on any atom is 0.343 e. The summed E-state index contributed by atoms with van der Waals surface area (Å²) in [4.78, 5) is 20.3. The second kappa shape index (κ2) is 5.00. The van der Waals surface area contributed by atoms with Gasteiger partial charge in [-0.25, -0.2) is 19.9 Å². The zero-order valence-corrected chi connectivity index (χ0v) is 11.8. The van der Waals surface area contributed by atoms with E-state index in [1.165, 1.54) is 11.8 Å². The average Bonchev–Trinajstić information content (AvgIpc) is 3.05. The molecule has 8 nitrogen and oxygen atoms in total. The van der Waals surface area contributed by atoms with Crippen molar-refractivity contribution in [1.82, 2.24) is 29.1 Å². The number of H-pyrrole nitrogens is 1. The van der Waals surface area contributed by atoms with Crippen LogP contribution in [0.3, 0.4) is 0 Å². The second-order valence-electron chi connectivity index (χ2n) is 4.00. The van der Waals surface area contributed by atoms with E-state index in [-0.39, 0.29) is 5.69 Å². The summed E-state index contributed by atoms with van der Waals surface area (Å²) >= 11 is 1.31. The quantitative estimate of drug-likeness (QED) is 0.739. The number of aromatic amines is 1. The lowest BCUT2D eigenvalue weighted by Gasteiger charge is -2.06. The summed E-state index contributed by atoms with van der Waals surface area (Å²) in [6.45, 7) is 2.44. The second-order valence-corrected chi connectivity index (χ2v) is 4.95. The van der Waals surface area contributed by atoms with Crippen LogP contribution in [0.5, 0.6) is 0 Å². The Morgan fingerprint density at radius 2 is 2.35 bits per heavy atom. The molecule has 0 bridgehead atoms. The molecule has 0 saturated carbocycles. The van der Waals surface area contributed by atoms with Gasteiger partial charge in [0.15, 0.2) is 10.8 Å². The van der Waals surface area contributed by atoms with Crippen LogP contribution in [0.4, 0.5) is 5.82 Å². The summed E-state index contributed by atoms with van der Waals surface area (Å²) in [6, 6.07) is 0. The minimum absolute atomic E-state index is 0.223. The highest BCUT2D eigenvalue weighted by Gasteiger charge is 2.14. The molecule has 0 unspecified atom stereocenters. The SMILES string of the molecule is CCn1c(Sc2nc(NC)cn3ccnc23)n[nH]c1=O. The van der Waals surface area contributed by atoms with Crippen molar-refractivity contribution in [3.8, 4) is 0 Å². The predicted molar refractivity (Wildman–Crippen MR) is 75.2 cm³/mol. The fourth-order valence-electron chi connectivity index (χ4n) is 1.84. The van der Waals surface area contributed by atoms with E-state index in [4.69, 9.17) is 0 Å². The Morgan fingerprint density at radius 1 is 1.50 bits per heavy atom. The van der Waals surface area contributed by atoms with Crippen LogP contribution in [0.1, 0.15) is 6.92 Å². The minimum Gasteiger partial charge on any atom is -0.372 e. The normalized spacial score (nSPS) is 11.1. The first-order valence-electron chi connectivity index (χ1n) is 6.07. The third kappa shape index (κ3) is 2.05. The Morgan fingerprint density at radius 3 is 3.10 bits per heavy atom. The van der Waals surface area contributed by atoms with E-state index in [0.29, 0.717) is 16.7 Å². The van der Waals surface area contributed by atoms with Gasteiger partial charge in [0.1, 0.15) is 10.8 Å². The smallest absolute Gasteiger partial charge is 0.343 e. The molecule has 0 atom stereocenters. The average molecular weight is 291 g/mol. The number of nitrogens with zero attached hydrogens (tertiary/aromatic N) is 5. The van der Waals surface area contributed by atoms with E-state index >= 15 is 0 Å². The van der Waals surface area contributed by atoms with E-state index in [2.05, 4.69) is 25.5 Å². The molecular weight excluding hydrogens is 278 g/mol. The largest absolute Gasteiger partial charge is 0.372 e. The van der Waals surface area contributed by atoms with Gasteiger partial charge in [0.05, 0.1) is 6.20 Å². The fourth-order valence-corrected chi connectivity index (χ4v) is 2.82. The van der Waals surface area contributed by atoms with Gasteiger partial charge in [-0.1, -0.05) is 0 Å². The molecule has 0 radical (unpaired) electrons. The first-order valence-corrected chi connectivity index (χ1v) is 6.89. The maximum absolute atomic E-state index is 11.6. The van der Waals surface area contributed by atoms with Crippen molar-refractivity contribution in [2.45, 2.75) is 23.7 Å². The lowest BCUT2D eigenvalue weighted by Crippen LogP contribution is -2.16. The lowest BCUT2D eigenvalue weighted by atomic mass is 10.6. The molecule has 3 aromatic rings. The Balaban J connectivity index is 2.09. The van der Waals surface area contributed by atoms with Crippen molar-refractivity contribution in [2.24, 2.45) is 0 Å². The van der Waals surface area contributed by atoms with E-state index in [1.54, 1.807) is 17.8 Å². The number of imidazole rings is 1. The van der Waals surface area contributed by atoms with Gasteiger partial charge in [0.25, 0.3) is 0 Å². The van der Waals surface area contributed by atoms with E-state index < -0.39 is 0 Å². The molecular formula is C11H13N7OS. The molecule has 0 aliphatic rings. The van der Waals surface area contributed by atoms with Crippen LogP contribution in [0, 0.1) is 0 Å². The molecule has 9 heteroatoms. The summed E-state index contributed by atoms with van der Waals surface area (Å²) in [5.74, 6) is 0.721. The van der Waals surface area contributed by atoms with Gasteiger partial charge >= 0.3 is 5.69 Å². The summed E-state index contributed by atoms with van der Waals surface area (Å²) in [7, 11) is 1.80. The van der Waals surface area contributed by atoms with Crippen LogP contribution in [0.15, 0.2) is 33.6 Å². The molecule has 0 aliphatic carbocycles. The van der Waals surface area contributed by atoms with Crippen LogP contribution in [0.25, 0.3) is 5.65 Å². The van der Waals surface area contributed by atoms with E-state index in [9.17, 15) is 4.79 Å². The van der Waals surface area contributed by atoms with Gasteiger partial charge in [-0.3, -0.25) is 4.57 Å². The van der Waals surface area contributed by atoms with E-state index in [0.717, 1.165) is 11.5 Å². The molecule has 2 N–H and O–H groups in total. The van der Waals surface area contributed by atoms with Crippen molar-refractivity contribution >= 4 is 23.2 Å². The molecule has 3 heterocycles. The van der Waals surface area contributed by atoms with Crippen molar-refractivity contribution in [1.29, 1.82) is 0 Å². The number of hydrogen-bond donors (Lipinski definition) is 2. The summed E-state index contributed by atoms with van der Waals surface area (Å²) in [6.07, 6.45) is 5.40. The van der Waals surface area contributed by atoms with Crippen molar-refractivity contribution < 1.29 is 0 Å². The Kier molecular flexibility index (Phi) is 3.18. The van der Waals surface area contributed by atoms with Crippen LogP contribution in [0.2, 0.25) is 0 Å². The molecule has 0 spiro atoms. The Labute approximate surface area is 118 Å². The van der Waals surface area contributed by atoms with Gasteiger partial charge in [-0.05, 0) is 18.7 Å². The fraction of sp³-hybridized carbons (Fsp3) is 0.273. The van der Waals surface area contributed by atoms with Gasteiger partial charge in [0, 0.05) is 26.0 Å². The predicted octanol–water partition coefficient (Wildman–Crippen LogP) is 0.827. The Hall–Kier alpha value is -2.29. The Bertz CT molecular complexity index is 803. The highest BCUT2D eigenvalue weighted by Crippen LogP contribution is 2.27. The van der Waals surface area contributed by atoms with Crippen LogP contribution >= 0.6 is 11.8 Å². The van der Waals surface area contributed by atoms with Gasteiger partial charge in [-0.2, -0.15) is 0 Å². The first kappa shape index (κ1) is 12.7. The zero-order chi connectivity index (χ0) is 14.1. The summed E-state index contributed by atoms with van der Waals surface area (Å²) in [5.41, 5.74) is 0.506. The molecule has 0 saturated heterocycles. The van der Waals surface area contributed by atoms with Crippen molar-refractivity contribution in [3.05, 3.63) is 29.1 Å². The van der Waals surface area contributed by atoms with Gasteiger partial charge < -0.3 is 9.72 Å². The molecule has 3 aromatic heterocycles. The van der Waals surface area contributed by atoms with Crippen LogP contribution in [-0.4, -0.2) is 36.2 Å². The van der Waals surface area contributed by atoms with Crippen molar-refractivity contribution in [2.75, 3.05) is 12.4 Å². The highest BCUT2D eigenvalue weighted by molar-refractivity contribution is 7.99. The number of hydrogen-bond acceptors (Lipinski definition) is 6. The van der Waals surface area contributed by atoms with Gasteiger partial charge in [-0.15, -0.1) is 5.10 Å². The van der Waals surface area contributed by atoms with Gasteiger partial charge in [0.2, 0.25) is 0 Å². The maximum atomic E-state index is 11.6. The minimum atomic E-state index is -0.223. The highest BCUT2D eigenvalue weighted by atomic mass is 32.2. The summed E-state index contributed by atoms with van der Waals surface area (Å²) in [5, 5.41) is 10.7. The number of nitrogens with one attached hydrogen (secondary N) is 2. The monoisotopic (exact) mass is 291 g/mol. The third-order valence-corrected chi connectivity index (χ3v) is 3.79. The number of aromatic nitrogens is 6. The summed E-state index contributed by atoms with van der Waals surface area (Å²) < 4.78 is 3.43. The zero-order valence-electron chi connectivity index (χ0n) is 11.0. The molecule has 0 aromatic carbocycles. The molecule has 20 heavy (non-hydrogen) atoms.